The highest BCUT2D eigenvalue weighted by atomic mass is 16.5. The zero-order chi connectivity index (χ0) is 53.0. The monoisotopic (exact) mass is 1020 g/mol. The molecule has 0 amide bonds. The van der Waals surface area contributed by atoms with E-state index in [1.807, 2.05) is 48.5 Å². The minimum atomic E-state index is -0.940. The Balaban J connectivity index is 0.978. The number of ether oxygens (including phenoxy) is 3. The summed E-state index contributed by atoms with van der Waals surface area (Å²) < 4.78 is 30.2. The molecule has 8 heteroatoms. The van der Waals surface area contributed by atoms with Gasteiger partial charge in [0.25, 0.3) is 0 Å². The van der Waals surface area contributed by atoms with Gasteiger partial charge >= 0.3 is 0 Å². The molecule has 9 aromatic rings. The molecule has 0 atom stereocenters. The number of aryl methyl sites for hydroxylation is 1. The second-order valence-corrected chi connectivity index (χ2v) is 19.9. The molecule has 1 aromatic heterocycles. The van der Waals surface area contributed by atoms with Crippen molar-refractivity contribution in [3.8, 4) is 33.9 Å². The van der Waals surface area contributed by atoms with E-state index in [4.69, 9.17) is 18.6 Å². The molecule has 3 aliphatic rings. The molecule has 78 heavy (non-hydrogen) atoms. The summed E-state index contributed by atoms with van der Waals surface area (Å²) in [5.74, 6) is 2.30. The normalized spacial score (nSPS) is 13.1. The second kappa shape index (κ2) is 22.0. The largest absolute Gasteiger partial charge is 0.497 e. The molecule has 0 saturated carbocycles. The quantitative estimate of drug-likeness (QED) is 0.0424. The molecule has 0 radical (unpaired) electrons. The fourth-order valence-corrected chi connectivity index (χ4v) is 11.6. The Kier molecular flexibility index (Phi) is 14.0. The maximum absolute atomic E-state index is 10.4. The number of nitrogens with zero attached hydrogens (tertiary/aromatic N) is 3. The summed E-state index contributed by atoms with van der Waals surface area (Å²) in [6.45, 7) is 1.50. The fraction of sp³-hybridized carbons (Fsp3) is 0.157. The molecule has 0 unspecified atom stereocenters. The van der Waals surface area contributed by atoms with E-state index >= 15 is 0 Å². The van der Waals surface area contributed by atoms with Crippen LogP contribution in [-0.4, -0.2) is 50.2 Å². The Morgan fingerprint density at radius 2 is 1.24 bits per heavy atom. The molecule has 8 nitrogen and oxygen atoms in total. The molecule has 1 N–H and O–H groups in total. The van der Waals surface area contributed by atoms with Gasteiger partial charge in [0.1, 0.15) is 35.1 Å². The number of rotatable bonds is 17. The molecule has 2 heterocycles. The van der Waals surface area contributed by atoms with E-state index in [1.165, 1.54) is 32.9 Å². The highest BCUT2D eigenvalue weighted by Gasteiger charge is 2.38. The summed E-state index contributed by atoms with van der Waals surface area (Å²) in [4.78, 5) is 2.36. The average Bonchev–Trinajstić information content (AvgIpc) is 3.81. The Labute approximate surface area is 455 Å². The molecule has 0 spiro atoms. The smallest absolute Gasteiger partial charge is 0.209 e. The maximum Gasteiger partial charge on any atom is 0.209 e. The predicted molar refractivity (Wildman–Crippen MR) is 318 cm³/mol. The second-order valence-electron chi connectivity index (χ2n) is 19.9. The molecule has 0 saturated heterocycles. The van der Waals surface area contributed by atoms with Crippen molar-refractivity contribution in [3.63, 3.8) is 0 Å². The minimum Gasteiger partial charge on any atom is -0.497 e. The summed E-state index contributed by atoms with van der Waals surface area (Å²) in [6, 6.07) is 74.5. The van der Waals surface area contributed by atoms with Gasteiger partial charge in [-0.3, -0.25) is 0 Å². The van der Waals surface area contributed by atoms with Crippen LogP contribution in [0, 0.1) is 0 Å². The van der Waals surface area contributed by atoms with Gasteiger partial charge in [-0.1, -0.05) is 121 Å². The molecule has 0 bridgehead atoms. The van der Waals surface area contributed by atoms with Crippen LogP contribution in [0.15, 0.2) is 235 Å². The first-order valence-corrected chi connectivity index (χ1v) is 26.9. The number of aromatic nitrogens is 1. The summed E-state index contributed by atoms with van der Waals surface area (Å²) in [7, 11) is 5.54. The fourth-order valence-electron chi connectivity index (χ4n) is 11.6. The van der Waals surface area contributed by atoms with E-state index in [0.717, 1.165) is 96.9 Å². The van der Waals surface area contributed by atoms with Crippen LogP contribution in [0.1, 0.15) is 41.5 Å². The van der Waals surface area contributed by atoms with Crippen molar-refractivity contribution in [3.05, 3.63) is 258 Å². The Hall–Kier alpha value is -8.95. The lowest BCUT2D eigenvalue weighted by Crippen LogP contribution is -2.34. The summed E-state index contributed by atoms with van der Waals surface area (Å²) >= 11 is 0. The average molecular weight is 1030 g/mol. The summed E-state index contributed by atoms with van der Waals surface area (Å²) in [6.07, 6.45) is 9.46. The highest BCUT2D eigenvalue weighted by Crippen LogP contribution is 2.45. The lowest BCUT2D eigenvalue weighted by Gasteiger charge is -2.36. The van der Waals surface area contributed by atoms with E-state index in [2.05, 4.69) is 203 Å². The first-order chi connectivity index (χ1) is 38.4. The Morgan fingerprint density at radius 3 is 1.88 bits per heavy atom. The van der Waals surface area contributed by atoms with Crippen LogP contribution in [0.25, 0.3) is 60.8 Å². The Bertz CT molecular complexity index is 3960. The highest BCUT2D eigenvalue weighted by molar-refractivity contribution is 6.12. The van der Waals surface area contributed by atoms with Crippen LogP contribution in [0.5, 0.6) is 11.5 Å². The van der Waals surface area contributed by atoms with Crippen LogP contribution in [0.3, 0.4) is 0 Å². The molecule has 8 aromatic carbocycles. The number of aliphatic hydroxyl groups excluding tert-OH is 1. The molecule has 12 rings (SSSR count). The van der Waals surface area contributed by atoms with Gasteiger partial charge in [-0.2, -0.15) is 4.58 Å². The van der Waals surface area contributed by atoms with Crippen LogP contribution in [0.4, 0.5) is 17.1 Å². The first kappa shape index (κ1) is 49.9. The predicted octanol–water partition coefficient (Wildman–Crippen LogP) is 15.2. The van der Waals surface area contributed by atoms with Crippen LogP contribution in [0.2, 0.25) is 0 Å². The number of fused-ring (bicyclic) bond motifs is 5. The van der Waals surface area contributed by atoms with Gasteiger partial charge < -0.3 is 33.2 Å². The van der Waals surface area contributed by atoms with E-state index in [9.17, 15) is 5.11 Å². The van der Waals surface area contributed by atoms with Crippen molar-refractivity contribution in [2.24, 2.45) is 7.05 Å². The van der Waals surface area contributed by atoms with E-state index in [1.54, 1.807) is 14.2 Å². The molecule has 1 aliphatic heterocycles. The van der Waals surface area contributed by atoms with Gasteiger partial charge in [0, 0.05) is 87.6 Å². The lowest BCUT2D eigenvalue weighted by atomic mass is 9.80. The van der Waals surface area contributed by atoms with Gasteiger partial charge in [-0.05, 0) is 132 Å². The lowest BCUT2D eigenvalue weighted by molar-refractivity contribution is 0.0124. The van der Waals surface area contributed by atoms with E-state index in [0.29, 0.717) is 26.1 Å². The third kappa shape index (κ3) is 9.44. The van der Waals surface area contributed by atoms with E-state index < -0.39 is 5.60 Å². The van der Waals surface area contributed by atoms with Crippen LogP contribution >= 0.6 is 0 Å². The van der Waals surface area contributed by atoms with Gasteiger partial charge in [-0.25, -0.2) is 0 Å². The number of anilines is 2. The molecule has 2 aliphatic carbocycles. The number of para-hydroxylation sites is 2. The van der Waals surface area contributed by atoms with Crippen molar-refractivity contribution in [2.45, 2.75) is 24.9 Å². The van der Waals surface area contributed by atoms with Crippen LogP contribution < -0.4 is 24.3 Å². The molecule has 386 valence electrons. The maximum atomic E-state index is 10.4. The van der Waals surface area contributed by atoms with Crippen molar-refractivity contribution in [1.82, 2.24) is 9.14 Å². The third-order valence-corrected chi connectivity index (χ3v) is 15.5. The standard InChI is InChI=1S/C70H62N3O5/c1-71-65-39-25-50(49-17-8-4-9-18-49)45-63(65)64-46-51(26-40-66(64)71)69-61-37-31-57(47-67(61)78-68-48-58(32-38-62(68)69)73(42-43-74)56-23-14-7-15-24-56)72(55-21-12-6-13-22-55)41-16-44-77-70(52-19-10-5-11-20-52,53-27-33-59(75-2)34-28-53)54-29-35-60(76-3)36-30-54/h4-8,10-15,17,19-40,45-48,74H,9,16,18,41-44H2,1-3H3/q+1. The molecule has 0 fully saturated rings. The number of aliphatic hydroxyl groups is 1. The van der Waals surface area contributed by atoms with Gasteiger partial charge in [0.2, 0.25) is 11.0 Å². The van der Waals surface area contributed by atoms with Gasteiger partial charge in [-0.15, -0.1) is 0 Å². The number of methoxy groups -OCH3 is 2. The van der Waals surface area contributed by atoms with Crippen molar-refractivity contribution >= 4 is 55.4 Å². The summed E-state index contributed by atoms with van der Waals surface area (Å²) in [5, 5.41) is 14.7. The zero-order valence-corrected chi connectivity index (χ0v) is 44.3. The molecular formula is C70H62N3O5+. The number of hydrogen-bond acceptors (Lipinski definition) is 6. The minimum absolute atomic E-state index is 0.00623. The number of benzene rings is 9. The summed E-state index contributed by atoms with van der Waals surface area (Å²) in [5.41, 5.74) is 14.1. The van der Waals surface area contributed by atoms with Crippen molar-refractivity contribution in [2.75, 3.05) is 45.4 Å². The number of allylic oxidation sites excluding steroid dienone is 4. The number of hydrogen-bond donors (Lipinski definition) is 1. The molecular weight excluding hydrogens is 963 g/mol. The van der Waals surface area contributed by atoms with E-state index in [-0.39, 0.29) is 6.61 Å². The van der Waals surface area contributed by atoms with Gasteiger partial charge in [0.15, 0.2) is 6.54 Å². The zero-order valence-electron chi connectivity index (χ0n) is 44.3. The third-order valence-electron chi connectivity index (χ3n) is 15.5. The SMILES string of the molecule is COc1ccc(C(OCCCN(c2ccccc2)c2ccc3c(-c4ccc5c(c4)c4cc(C6=CC=CCC6)ccc4n5C)c4ccc(=[N+](CCO)c5ccccc5)cc-4oc3c2)(c2ccccc2)c2ccc(OC)cc2)cc1. The van der Waals surface area contributed by atoms with Crippen LogP contribution in [-0.2, 0) is 17.4 Å². The van der Waals surface area contributed by atoms with Crippen molar-refractivity contribution < 1.29 is 23.7 Å². The topological polar surface area (TPSA) is 72.2 Å². The van der Waals surface area contributed by atoms with Crippen molar-refractivity contribution in [1.29, 1.82) is 0 Å². The van der Waals surface area contributed by atoms with Gasteiger partial charge in [0.05, 0.1) is 26.9 Å². The first-order valence-electron chi connectivity index (χ1n) is 26.9. The Morgan fingerprint density at radius 1 is 0.615 bits per heavy atom.